The molecule has 0 aliphatic heterocycles. The molecule has 0 aromatic heterocycles. The van der Waals surface area contributed by atoms with Crippen LogP contribution in [0.3, 0.4) is 0 Å². The van der Waals surface area contributed by atoms with Crippen molar-refractivity contribution >= 4 is 52.4 Å². The third kappa shape index (κ3) is 5.26. The van der Waals surface area contributed by atoms with Crippen LogP contribution in [-0.4, -0.2) is 18.5 Å². The van der Waals surface area contributed by atoms with E-state index in [0.717, 1.165) is 5.56 Å². The predicted octanol–water partition coefficient (Wildman–Crippen LogP) is 4.26. The van der Waals surface area contributed by atoms with E-state index in [4.69, 9.17) is 45.3 Å². The summed E-state index contributed by atoms with van der Waals surface area (Å²) < 4.78 is 4.97. The maximum absolute atomic E-state index is 11.9. The monoisotopic (exact) mass is 400 g/mol. The van der Waals surface area contributed by atoms with Crippen LogP contribution in [0.1, 0.15) is 28.9 Å². The largest absolute Gasteiger partial charge is 0.452 e. The summed E-state index contributed by atoms with van der Waals surface area (Å²) in [5.41, 5.74) is 6.88. The Kier molecular flexibility index (Phi) is 6.53. The van der Waals surface area contributed by atoms with Crippen molar-refractivity contribution in [1.82, 2.24) is 5.32 Å². The van der Waals surface area contributed by atoms with Gasteiger partial charge in [0.05, 0.1) is 32.4 Å². The molecule has 0 spiro atoms. The highest BCUT2D eigenvalue weighted by atomic mass is 35.5. The van der Waals surface area contributed by atoms with Crippen LogP contribution < -0.4 is 11.1 Å². The lowest BCUT2D eigenvalue weighted by molar-refractivity contribution is -0.124. The number of nitrogen functional groups attached to an aromatic ring is 1. The second kappa shape index (κ2) is 8.43. The first-order valence-electron chi connectivity index (χ1n) is 7.24. The molecule has 0 bridgehead atoms. The van der Waals surface area contributed by atoms with Gasteiger partial charge in [-0.05, 0) is 42.8 Å². The van der Waals surface area contributed by atoms with Gasteiger partial charge in [0.15, 0.2) is 6.61 Å². The van der Waals surface area contributed by atoms with E-state index in [0.29, 0.717) is 15.1 Å². The zero-order valence-corrected chi connectivity index (χ0v) is 15.5. The Bertz CT molecular complexity index is 812. The molecule has 0 fully saturated rings. The minimum atomic E-state index is -0.666. The Morgan fingerprint density at radius 1 is 1.08 bits per heavy atom. The average Bonchev–Trinajstić information content (AvgIpc) is 2.57. The first kappa shape index (κ1) is 19.4. The van der Waals surface area contributed by atoms with Gasteiger partial charge < -0.3 is 15.8 Å². The van der Waals surface area contributed by atoms with Crippen LogP contribution in [0, 0.1) is 0 Å². The summed E-state index contributed by atoms with van der Waals surface area (Å²) in [6.07, 6.45) is 0. The van der Waals surface area contributed by atoms with E-state index < -0.39 is 18.5 Å². The van der Waals surface area contributed by atoms with E-state index in [1.807, 2.05) is 0 Å². The molecule has 2 aromatic rings. The zero-order valence-electron chi connectivity index (χ0n) is 13.2. The lowest BCUT2D eigenvalue weighted by Crippen LogP contribution is -2.31. The fourth-order valence-electron chi connectivity index (χ4n) is 2.03. The molecule has 132 valence electrons. The van der Waals surface area contributed by atoms with Crippen LogP contribution in [0.25, 0.3) is 0 Å². The van der Waals surface area contributed by atoms with E-state index in [9.17, 15) is 9.59 Å². The van der Waals surface area contributed by atoms with E-state index in [2.05, 4.69) is 5.32 Å². The number of benzene rings is 2. The molecule has 1 amide bonds. The summed E-state index contributed by atoms with van der Waals surface area (Å²) in [5.74, 6) is -1.12. The molecule has 0 saturated heterocycles. The predicted molar refractivity (Wildman–Crippen MR) is 99.2 cm³/mol. The van der Waals surface area contributed by atoms with Gasteiger partial charge in [0.2, 0.25) is 0 Å². The lowest BCUT2D eigenvalue weighted by atomic mass is 10.1. The highest BCUT2D eigenvalue weighted by molar-refractivity contribution is 6.42. The number of carbonyl (C=O) groups excluding carboxylic acids is 2. The molecule has 0 aliphatic carbocycles. The Labute approximate surface area is 160 Å². The standard InChI is InChI=1S/C17H15Cl3N2O3/c1-9(10-2-4-12(18)14(20)6-10)22-16(23)8-25-17(24)11-3-5-13(19)15(21)7-11/h2-7,9H,8,21H2,1H3,(H,22,23)/t9-/m0/s1. The van der Waals surface area contributed by atoms with Gasteiger partial charge in [0, 0.05) is 0 Å². The Balaban J connectivity index is 1.90. The molecule has 0 aliphatic rings. The van der Waals surface area contributed by atoms with Gasteiger partial charge in [-0.15, -0.1) is 0 Å². The van der Waals surface area contributed by atoms with Gasteiger partial charge in [-0.2, -0.15) is 0 Å². The average molecular weight is 402 g/mol. The van der Waals surface area contributed by atoms with Crippen LogP contribution >= 0.6 is 34.8 Å². The number of hydrogen-bond acceptors (Lipinski definition) is 4. The number of nitrogens with one attached hydrogen (secondary N) is 1. The number of halogens is 3. The van der Waals surface area contributed by atoms with Crippen molar-refractivity contribution in [3.05, 3.63) is 62.6 Å². The van der Waals surface area contributed by atoms with Crippen molar-refractivity contribution in [2.75, 3.05) is 12.3 Å². The fraction of sp³-hybridized carbons (Fsp3) is 0.176. The molecule has 0 saturated carbocycles. The summed E-state index contributed by atoms with van der Waals surface area (Å²) in [6.45, 7) is 1.35. The van der Waals surface area contributed by atoms with E-state index in [1.165, 1.54) is 18.2 Å². The van der Waals surface area contributed by atoms with E-state index in [1.54, 1.807) is 25.1 Å². The Morgan fingerprint density at radius 3 is 2.40 bits per heavy atom. The van der Waals surface area contributed by atoms with E-state index in [-0.39, 0.29) is 17.3 Å². The molecule has 2 rings (SSSR count). The number of hydrogen-bond donors (Lipinski definition) is 2. The summed E-state index contributed by atoms with van der Waals surface area (Å²) >= 11 is 17.6. The van der Waals surface area contributed by atoms with Crippen molar-refractivity contribution < 1.29 is 14.3 Å². The second-order valence-electron chi connectivity index (χ2n) is 5.28. The molecule has 8 heteroatoms. The molecule has 0 unspecified atom stereocenters. The maximum Gasteiger partial charge on any atom is 0.338 e. The van der Waals surface area contributed by atoms with Crippen molar-refractivity contribution in [3.63, 3.8) is 0 Å². The second-order valence-corrected chi connectivity index (χ2v) is 6.50. The van der Waals surface area contributed by atoms with Crippen molar-refractivity contribution in [2.45, 2.75) is 13.0 Å². The fourth-order valence-corrected chi connectivity index (χ4v) is 2.46. The SMILES string of the molecule is C[C@H](NC(=O)COC(=O)c1ccc(Cl)c(N)c1)c1ccc(Cl)c(Cl)c1. The first-order valence-corrected chi connectivity index (χ1v) is 8.37. The third-order valence-corrected chi connectivity index (χ3v) is 4.47. The number of ether oxygens (including phenoxy) is 1. The molecule has 0 heterocycles. The van der Waals surface area contributed by atoms with Crippen molar-refractivity contribution in [3.8, 4) is 0 Å². The van der Waals surface area contributed by atoms with Gasteiger partial charge >= 0.3 is 5.97 Å². The topological polar surface area (TPSA) is 81.4 Å². The minimum absolute atomic E-state index is 0.215. The van der Waals surface area contributed by atoms with Crippen LogP contribution in [-0.2, 0) is 9.53 Å². The van der Waals surface area contributed by atoms with Gasteiger partial charge in [-0.3, -0.25) is 4.79 Å². The number of nitrogens with two attached hydrogens (primary N) is 1. The minimum Gasteiger partial charge on any atom is -0.452 e. The number of rotatable bonds is 5. The van der Waals surface area contributed by atoms with Crippen LogP contribution in [0.15, 0.2) is 36.4 Å². The summed E-state index contributed by atoms with van der Waals surface area (Å²) in [5, 5.41) is 3.87. The summed E-state index contributed by atoms with van der Waals surface area (Å²) in [7, 11) is 0. The van der Waals surface area contributed by atoms with Gasteiger partial charge in [-0.1, -0.05) is 40.9 Å². The first-order chi connectivity index (χ1) is 11.8. The van der Waals surface area contributed by atoms with E-state index >= 15 is 0 Å². The quantitative estimate of drug-likeness (QED) is 0.579. The molecule has 3 N–H and O–H groups in total. The lowest BCUT2D eigenvalue weighted by Gasteiger charge is -2.15. The molecule has 25 heavy (non-hydrogen) atoms. The molecular weight excluding hydrogens is 387 g/mol. The highest BCUT2D eigenvalue weighted by Crippen LogP contribution is 2.25. The maximum atomic E-state index is 11.9. The molecule has 5 nitrogen and oxygen atoms in total. The number of anilines is 1. The van der Waals surface area contributed by atoms with Gasteiger partial charge in [0.25, 0.3) is 5.91 Å². The number of amides is 1. The van der Waals surface area contributed by atoms with Crippen molar-refractivity contribution in [2.24, 2.45) is 0 Å². The Morgan fingerprint density at radius 2 is 1.76 bits per heavy atom. The molecule has 0 radical (unpaired) electrons. The number of esters is 1. The van der Waals surface area contributed by atoms with Crippen LogP contribution in [0.5, 0.6) is 0 Å². The van der Waals surface area contributed by atoms with Gasteiger partial charge in [-0.25, -0.2) is 4.79 Å². The van der Waals surface area contributed by atoms with Gasteiger partial charge in [0.1, 0.15) is 0 Å². The normalized spacial score (nSPS) is 11.7. The zero-order chi connectivity index (χ0) is 18.6. The van der Waals surface area contributed by atoms with Crippen LogP contribution in [0.4, 0.5) is 5.69 Å². The van der Waals surface area contributed by atoms with Crippen molar-refractivity contribution in [1.29, 1.82) is 0 Å². The molecule has 1 atom stereocenters. The summed E-state index contributed by atoms with van der Waals surface area (Å²) in [6, 6.07) is 9.08. The third-order valence-electron chi connectivity index (χ3n) is 3.39. The number of carbonyl (C=O) groups is 2. The van der Waals surface area contributed by atoms with Crippen LogP contribution in [0.2, 0.25) is 15.1 Å². The highest BCUT2D eigenvalue weighted by Gasteiger charge is 2.14. The summed E-state index contributed by atoms with van der Waals surface area (Å²) in [4.78, 5) is 23.9. The smallest absolute Gasteiger partial charge is 0.338 e. The molecular formula is C17H15Cl3N2O3. The Hall–Kier alpha value is -1.95. The molecule has 2 aromatic carbocycles.